The zero-order chi connectivity index (χ0) is 17.0. The lowest BCUT2D eigenvalue weighted by Crippen LogP contribution is -2.35. The van der Waals surface area contributed by atoms with E-state index >= 15 is 0 Å². The van der Waals surface area contributed by atoms with Gasteiger partial charge in [0.1, 0.15) is 5.75 Å². The average Bonchev–Trinajstić information content (AvgIpc) is 2.52. The minimum atomic E-state index is -3.95. The Labute approximate surface area is 134 Å². The maximum atomic E-state index is 13.0. The molecule has 0 aliphatic rings. The van der Waals surface area contributed by atoms with E-state index in [1.54, 1.807) is 38.1 Å². The van der Waals surface area contributed by atoms with Crippen LogP contribution in [0.4, 0.5) is 0 Å². The molecule has 7 heteroatoms. The number of benzene rings is 1. The lowest BCUT2D eigenvalue weighted by atomic mass is 10.2. The molecule has 0 fully saturated rings. The normalized spacial score (nSPS) is 11.5. The van der Waals surface area contributed by atoms with Crippen LogP contribution in [0.5, 0.6) is 5.75 Å². The third-order valence-corrected chi connectivity index (χ3v) is 5.39. The number of hydrogen-bond donors (Lipinski definition) is 1. The number of para-hydroxylation sites is 1. The van der Waals surface area contributed by atoms with Gasteiger partial charge >= 0.3 is 7.60 Å². The number of hydrogen-bond acceptors (Lipinski definition) is 5. The summed E-state index contributed by atoms with van der Waals surface area (Å²) in [7, 11) is -3.95. The highest BCUT2D eigenvalue weighted by Crippen LogP contribution is 2.48. The highest BCUT2D eigenvalue weighted by molar-refractivity contribution is 7.62. The first-order valence-corrected chi connectivity index (χ1v) is 8.72. The van der Waals surface area contributed by atoms with E-state index in [0.29, 0.717) is 10.9 Å². The van der Waals surface area contributed by atoms with Gasteiger partial charge in [-0.1, -0.05) is 18.1 Å². The Bertz CT molecular complexity index is 855. The number of terminal acetylenes is 1. The molecule has 1 aromatic carbocycles. The van der Waals surface area contributed by atoms with Crippen LogP contribution in [0, 0.1) is 12.3 Å². The Morgan fingerprint density at radius 1 is 1.26 bits per heavy atom. The Kier molecular flexibility index (Phi) is 5.27. The smallest absolute Gasteiger partial charge is 0.370 e. The van der Waals surface area contributed by atoms with Crippen LogP contribution < -0.4 is 10.9 Å². The quantitative estimate of drug-likeness (QED) is 0.647. The number of fused-ring (bicyclic) bond motifs is 1. The second-order valence-corrected chi connectivity index (χ2v) is 6.60. The highest BCUT2D eigenvalue weighted by Gasteiger charge is 2.35. The van der Waals surface area contributed by atoms with Crippen molar-refractivity contribution in [3.05, 3.63) is 34.6 Å². The minimum Gasteiger partial charge on any atom is -0.506 e. The molecule has 23 heavy (non-hydrogen) atoms. The third kappa shape index (κ3) is 3.04. The Morgan fingerprint density at radius 2 is 1.87 bits per heavy atom. The van der Waals surface area contributed by atoms with Crippen molar-refractivity contribution in [2.45, 2.75) is 20.4 Å². The molecule has 0 atom stereocenters. The van der Waals surface area contributed by atoms with Crippen molar-refractivity contribution in [3.63, 3.8) is 0 Å². The van der Waals surface area contributed by atoms with Gasteiger partial charge in [0.25, 0.3) is 5.56 Å². The molecule has 1 N–H and O–H groups in total. The van der Waals surface area contributed by atoms with Crippen molar-refractivity contribution in [1.82, 2.24) is 4.57 Å². The fourth-order valence-corrected chi connectivity index (χ4v) is 4.12. The second kappa shape index (κ2) is 7.01. The summed E-state index contributed by atoms with van der Waals surface area (Å²) in [6.07, 6.45) is 5.33. The van der Waals surface area contributed by atoms with Crippen LogP contribution >= 0.6 is 7.60 Å². The van der Waals surface area contributed by atoms with Gasteiger partial charge in [0.15, 0.2) is 5.30 Å². The summed E-state index contributed by atoms with van der Waals surface area (Å²) >= 11 is 0. The van der Waals surface area contributed by atoms with E-state index in [-0.39, 0.29) is 25.1 Å². The molecule has 122 valence electrons. The maximum Gasteiger partial charge on any atom is 0.370 e. The largest absolute Gasteiger partial charge is 0.506 e. The summed E-state index contributed by atoms with van der Waals surface area (Å²) in [5.41, 5.74) is -0.222. The predicted molar refractivity (Wildman–Crippen MR) is 89.2 cm³/mol. The molecule has 2 aromatic rings. The lowest BCUT2D eigenvalue weighted by molar-refractivity contribution is 0.229. The first kappa shape index (κ1) is 17.3. The Hall–Kier alpha value is -2.06. The van der Waals surface area contributed by atoms with Crippen LogP contribution in [0.2, 0.25) is 0 Å². The molecule has 0 spiro atoms. The van der Waals surface area contributed by atoms with Crippen LogP contribution in [0.25, 0.3) is 10.9 Å². The summed E-state index contributed by atoms with van der Waals surface area (Å²) in [6.45, 7) is 3.37. The SMILES string of the molecule is C#CCn1c(=O)c(P(=O)(OCC)OCC)c(O)c2ccccc21. The molecule has 1 heterocycles. The molecule has 0 aliphatic carbocycles. The molecule has 1 aromatic heterocycles. The van der Waals surface area contributed by atoms with Gasteiger partial charge in [-0.3, -0.25) is 13.9 Å². The summed E-state index contributed by atoms with van der Waals surface area (Å²) < 4.78 is 24.7. The van der Waals surface area contributed by atoms with E-state index in [4.69, 9.17) is 15.5 Å². The molecule has 2 rings (SSSR count). The van der Waals surface area contributed by atoms with Crippen molar-refractivity contribution >= 4 is 23.8 Å². The van der Waals surface area contributed by atoms with E-state index in [1.807, 2.05) is 0 Å². The van der Waals surface area contributed by atoms with E-state index < -0.39 is 18.9 Å². The minimum absolute atomic E-state index is 0.0229. The maximum absolute atomic E-state index is 13.0. The molecule has 0 radical (unpaired) electrons. The monoisotopic (exact) mass is 335 g/mol. The molecule has 0 amide bonds. The number of rotatable bonds is 6. The van der Waals surface area contributed by atoms with E-state index in [0.717, 1.165) is 0 Å². The van der Waals surface area contributed by atoms with Crippen LogP contribution in [0.15, 0.2) is 29.1 Å². The van der Waals surface area contributed by atoms with Crippen molar-refractivity contribution in [2.24, 2.45) is 0 Å². The van der Waals surface area contributed by atoms with Gasteiger partial charge in [-0.2, -0.15) is 0 Å². The van der Waals surface area contributed by atoms with Gasteiger partial charge in [-0.25, -0.2) is 0 Å². The fraction of sp³-hybridized carbons (Fsp3) is 0.312. The average molecular weight is 335 g/mol. The molecular formula is C16H18NO5P. The zero-order valence-corrected chi connectivity index (χ0v) is 13.9. The van der Waals surface area contributed by atoms with E-state index in [9.17, 15) is 14.5 Å². The first-order valence-electron chi connectivity index (χ1n) is 7.17. The van der Waals surface area contributed by atoms with Crippen molar-refractivity contribution in [2.75, 3.05) is 13.2 Å². The first-order chi connectivity index (χ1) is 11.0. The molecule has 0 bridgehead atoms. The van der Waals surface area contributed by atoms with Gasteiger partial charge in [-0.05, 0) is 26.0 Å². The Balaban J connectivity index is 2.91. The Morgan fingerprint density at radius 3 is 2.43 bits per heavy atom. The zero-order valence-electron chi connectivity index (χ0n) is 13.0. The molecule has 6 nitrogen and oxygen atoms in total. The molecule has 0 unspecified atom stereocenters. The molecule has 0 saturated heterocycles. The number of aromatic hydroxyl groups is 1. The topological polar surface area (TPSA) is 77.8 Å². The van der Waals surface area contributed by atoms with Crippen LogP contribution in [-0.2, 0) is 20.2 Å². The summed E-state index contributed by atoms with van der Waals surface area (Å²) in [6, 6.07) is 6.69. The fourth-order valence-electron chi connectivity index (χ4n) is 2.38. The van der Waals surface area contributed by atoms with Crippen molar-refractivity contribution in [3.8, 4) is 18.1 Å². The summed E-state index contributed by atoms with van der Waals surface area (Å²) in [4.78, 5) is 12.8. The standard InChI is InChI=1S/C16H18NO5P/c1-4-11-17-13-10-8-7-9-12(13)14(18)15(16(17)19)23(20,21-5-2)22-6-3/h1,7-10,18H,5-6,11H2,2-3H3. The van der Waals surface area contributed by atoms with Crippen LogP contribution in [0.3, 0.4) is 0 Å². The van der Waals surface area contributed by atoms with E-state index in [1.165, 1.54) is 4.57 Å². The number of nitrogens with zero attached hydrogens (tertiary/aromatic N) is 1. The molecule has 0 aliphatic heterocycles. The van der Waals surface area contributed by atoms with Gasteiger partial charge in [0.05, 0.1) is 25.3 Å². The van der Waals surface area contributed by atoms with Gasteiger partial charge in [0, 0.05) is 5.39 Å². The summed E-state index contributed by atoms with van der Waals surface area (Å²) in [5.74, 6) is 1.99. The predicted octanol–water partition coefficient (Wildman–Crippen LogP) is 2.23. The number of pyridine rings is 1. The number of aromatic nitrogens is 1. The van der Waals surface area contributed by atoms with E-state index in [2.05, 4.69) is 5.92 Å². The van der Waals surface area contributed by atoms with Gasteiger partial charge in [0.2, 0.25) is 0 Å². The molecular weight excluding hydrogens is 317 g/mol. The van der Waals surface area contributed by atoms with Crippen molar-refractivity contribution < 1.29 is 18.7 Å². The van der Waals surface area contributed by atoms with Crippen LogP contribution in [0.1, 0.15) is 13.8 Å². The third-order valence-electron chi connectivity index (χ3n) is 3.24. The second-order valence-electron chi connectivity index (χ2n) is 4.64. The van der Waals surface area contributed by atoms with Gasteiger partial charge in [-0.15, -0.1) is 6.42 Å². The van der Waals surface area contributed by atoms with Crippen LogP contribution in [-0.4, -0.2) is 22.9 Å². The molecule has 0 saturated carbocycles. The van der Waals surface area contributed by atoms with Crippen molar-refractivity contribution in [1.29, 1.82) is 0 Å². The highest BCUT2D eigenvalue weighted by atomic mass is 31.2. The summed E-state index contributed by atoms with van der Waals surface area (Å²) in [5, 5.41) is 10.5. The lowest BCUT2D eigenvalue weighted by Gasteiger charge is -2.20. The van der Waals surface area contributed by atoms with Gasteiger partial charge < -0.3 is 14.2 Å².